The van der Waals surface area contributed by atoms with Crippen LogP contribution in [0, 0.1) is 0 Å². The maximum Gasteiger partial charge on any atom is 0.417 e. The third kappa shape index (κ3) is 4.14. The first-order valence-corrected chi connectivity index (χ1v) is 7.17. The van der Waals surface area contributed by atoms with Gasteiger partial charge in [-0.1, -0.05) is 0 Å². The predicted octanol–water partition coefficient (Wildman–Crippen LogP) is 1.58. The first-order valence-electron chi connectivity index (χ1n) is 5.73. The molecule has 0 bridgehead atoms. The lowest BCUT2D eigenvalue weighted by Gasteiger charge is -2.23. The molecule has 1 aromatic rings. The summed E-state index contributed by atoms with van der Waals surface area (Å²) < 4.78 is 62.2. The Labute approximate surface area is 119 Å². The number of carboxylic acid groups (broad SMARTS) is 1. The topological polar surface area (TPSA) is 87.6 Å². The highest BCUT2D eigenvalue weighted by molar-refractivity contribution is 7.89. The molecule has 1 rings (SSSR count). The summed E-state index contributed by atoms with van der Waals surface area (Å²) in [4.78, 5) is 14.0. The average Bonchev–Trinajstić information content (AvgIpc) is 2.34. The highest BCUT2D eigenvalue weighted by Gasteiger charge is 2.33. The van der Waals surface area contributed by atoms with Gasteiger partial charge < -0.3 is 5.11 Å². The second-order valence-corrected chi connectivity index (χ2v) is 6.26. The Bertz CT molecular complexity index is 611. The highest BCUT2D eigenvalue weighted by atomic mass is 32.2. The number of hydrogen-bond donors (Lipinski definition) is 1. The Balaban J connectivity index is 3.20. The number of hydrogen-bond acceptors (Lipinski definition) is 4. The summed E-state index contributed by atoms with van der Waals surface area (Å²) in [5.41, 5.74) is -1.09. The first kappa shape index (κ1) is 17.4. The zero-order chi connectivity index (χ0) is 16.4. The molecule has 118 valence electrons. The van der Waals surface area contributed by atoms with Gasteiger partial charge >= 0.3 is 12.1 Å². The molecule has 0 fully saturated rings. The number of nitrogens with zero attached hydrogens (tertiary/aromatic N) is 2. The highest BCUT2D eigenvalue weighted by Crippen LogP contribution is 2.29. The molecule has 21 heavy (non-hydrogen) atoms. The molecule has 0 aromatic carbocycles. The van der Waals surface area contributed by atoms with Gasteiger partial charge in [-0.15, -0.1) is 0 Å². The van der Waals surface area contributed by atoms with E-state index < -0.39 is 45.3 Å². The van der Waals surface area contributed by atoms with Crippen LogP contribution >= 0.6 is 0 Å². The first-order chi connectivity index (χ1) is 9.46. The molecule has 0 aliphatic carbocycles. The summed E-state index contributed by atoms with van der Waals surface area (Å²) in [6.45, 7) is 2.10. The van der Waals surface area contributed by atoms with E-state index in [-0.39, 0.29) is 0 Å². The molecular formula is C11H13F3N2O4S. The molecule has 0 unspecified atom stereocenters. The number of aromatic nitrogens is 1. The molecule has 0 aliphatic rings. The van der Waals surface area contributed by atoms with Crippen LogP contribution in [0.1, 0.15) is 19.4 Å². The van der Waals surface area contributed by atoms with Crippen LogP contribution in [-0.2, 0) is 21.0 Å². The normalized spacial score (nSPS) is 12.9. The maximum atomic E-state index is 12.4. The molecule has 0 radical (unpaired) electrons. The third-order valence-corrected chi connectivity index (χ3v) is 4.44. The van der Waals surface area contributed by atoms with Crippen molar-refractivity contribution < 1.29 is 31.5 Å². The van der Waals surface area contributed by atoms with Crippen molar-refractivity contribution in [3.8, 4) is 0 Å². The molecule has 1 aromatic heterocycles. The largest absolute Gasteiger partial charge is 0.480 e. The van der Waals surface area contributed by atoms with Crippen LogP contribution in [0.2, 0.25) is 0 Å². The SMILES string of the molecule is CC(C)N(CC(=O)O)S(=O)(=O)c1ccc(C(F)(F)F)cn1. The molecule has 1 N–H and O–H groups in total. The number of alkyl halides is 3. The summed E-state index contributed by atoms with van der Waals surface area (Å²) >= 11 is 0. The molecule has 0 atom stereocenters. The second-order valence-electron chi connectivity index (χ2n) is 4.42. The van der Waals surface area contributed by atoms with Gasteiger partial charge in [-0.05, 0) is 26.0 Å². The molecule has 0 saturated heterocycles. The number of carboxylic acids is 1. The zero-order valence-electron chi connectivity index (χ0n) is 11.1. The lowest BCUT2D eigenvalue weighted by Crippen LogP contribution is -2.40. The van der Waals surface area contributed by atoms with Crippen molar-refractivity contribution in [2.75, 3.05) is 6.54 Å². The zero-order valence-corrected chi connectivity index (χ0v) is 11.9. The van der Waals surface area contributed by atoms with Crippen LogP contribution in [0.4, 0.5) is 13.2 Å². The molecule has 0 amide bonds. The van der Waals surface area contributed by atoms with Crippen molar-refractivity contribution in [2.45, 2.75) is 31.1 Å². The Kier molecular flexibility index (Phi) is 4.95. The van der Waals surface area contributed by atoms with Crippen molar-refractivity contribution in [2.24, 2.45) is 0 Å². The van der Waals surface area contributed by atoms with Crippen LogP contribution in [0.3, 0.4) is 0 Å². The molecule has 10 heteroatoms. The second kappa shape index (κ2) is 5.98. The number of carbonyl (C=O) groups is 1. The molecular weight excluding hydrogens is 313 g/mol. The van der Waals surface area contributed by atoms with Gasteiger partial charge in [0.05, 0.1) is 5.56 Å². The third-order valence-electron chi connectivity index (χ3n) is 2.50. The Morgan fingerprint density at radius 3 is 2.29 bits per heavy atom. The van der Waals surface area contributed by atoms with Crippen LogP contribution < -0.4 is 0 Å². The molecule has 0 aliphatic heterocycles. The monoisotopic (exact) mass is 326 g/mol. The summed E-state index contributed by atoms with van der Waals surface area (Å²) in [5, 5.41) is 8.08. The van der Waals surface area contributed by atoms with Gasteiger partial charge in [0.15, 0.2) is 5.03 Å². The molecule has 0 saturated carbocycles. The van der Waals surface area contributed by atoms with Gasteiger partial charge in [0.2, 0.25) is 0 Å². The minimum atomic E-state index is -4.63. The van der Waals surface area contributed by atoms with Gasteiger partial charge in [-0.2, -0.15) is 17.5 Å². The van der Waals surface area contributed by atoms with E-state index in [1.54, 1.807) is 0 Å². The average molecular weight is 326 g/mol. The smallest absolute Gasteiger partial charge is 0.417 e. The number of pyridine rings is 1. The van der Waals surface area contributed by atoms with Gasteiger partial charge in [0, 0.05) is 12.2 Å². The molecule has 1 heterocycles. The van der Waals surface area contributed by atoms with Crippen molar-refractivity contribution in [1.82, 2.24) is 9.29 Å². The summed E-state index contributed by atoms with van der Waals surface area (Å²) in [5.74, 6) is -1.38. The van der Waals surface area contributed by atoms with Crippen molar-refractivity contribution >= 4 is 16.0 Å². The van der Waals surface area contributed by atoms with E-state index in [1.165, 1.54) is 13.8 Å². The van der Waals surface area contributed by atoms with Crippen LogP contribution in [0.5, 0.6) is 0 Å². The van der Waals surface area contributed by atoms with E-state index in [0.29, 0.717) is 22.6 Å². The van der Waals surface area contributed by atoms with Gasteiger partial charge in [0.25, 0.3) is 10.0 Å². The van der Waals surface area contributed by atoms with E-state index in [9.17, 15) is 26.4 Å². The van der Waals surface area contributed by atoms with Crippen LogP contribution in [0.25, 0.3) is 0 Å². The maximum absolute atomic E-state index is 12.4. The number of rotatable bonds is 5. The van der Waals surface area contributed by atoms with E-state index in [2.05, 4.69) is 4.98 Å². The Hall–Kier alpha value is -1.68. The van der Waals surface area contributed by atoms with Gasteiger partial charge in [0.1, 0.15) is 6.54 Å². The van der Waals surface area contributed by atoms with E-state index >= 15 is 0 Å². The summed E-state index contributed by atoms with van der Waals surface area (Å²) in [7, 11) is -4.28. The Morgan fingerprint density at radius 1 is 1.38 bits per heavy atom. The van der Waals surface area contributed by atoms with Crippen molar-refractivity contribution in [1.29, 1.82) is 0 Å². The van der Waals surface area contributed by atoms with Gasteiger partial charge in [-0.25, -0.2) is 13.4 Å². The van der Waals surface area contributed by atoms with E-state index in [1.807, 2.05) is 0 Å². The van der Waals surface area contributed by atoms with E-state index in [0.717, 1.165) is 0 Å². The lowest BCUT2D eigenvalue weighted by atomic mass is 10.3. The minimum Gasteiger partial charge on any atom is -0.480 e. The fourth-order valence-corrected chi connectivity index (χ4v) is 3.00. The Morgan fingerprint density at radius 2 is 1.95 bits per heavy atom. The fraction of sp³-hybridized carbons (Fsp3) is 0.455. The van der Waals surface area contributed by atoms with Crippen LogP contribution in [0.15, 0.2) is 23.4 Å². The lowest BCUT2D eigenvalue weighted by molar-refractivity contribution is -0.138. The number of sulfonamides is 1. The number of aliphatic carboxylic acids is 1. The summed E-state index contributed by atoms with van der Waals surface area (Å²) in [6.07, 6.45) is -4.24. The summed E-state index contributed by atoms with van der Waals surface area (Å²) in [6, 6.07) is 0.601. The quantitative estimate of drug-likeness (QED) is 0.888. The predicted molar refractivity (Wildman–Crippen MR) is 65.9 cm³/mol. The van der Waals surface area contributed by atoms with Crippen LogP contribution in [-0.4, -0.2) is 41.4 Å². The van der Waals surface area contributed by atoms with Crippen molar-refractivity contribution in [3.05, 3.63) is 23.9 Å². The standard InChI is InChI=1S/C11H13F3N2O4S/c1-7(2)16(6-10(17)18)21(19,20)9-4-3-8(5-15-9)11(12,13)14/h3-5,7H,6H2,1-2H3,(H,17,18). The van der Waals surface area contributed by atoms with E-state index in [4.69, 9.17) is 5.11 Å². The molecule has 0 spiro atoms. The minimum absolute atomic E-state index is 0.395. The number of halogens is 3. The van der Waals surface area contributed by atoms with Crippen molar-refractivity contribution in [3.63, 3.8) is 0 Å². The fourth-order valence-electron chi connectivity index (χ4n) is 1.50. The van der Waals surface area contributed by atoms with Gasteiger partial charge in [-0.3, -0.25) is 4.79 Å². The molecule has 6 nitrogen and oxygen atoms in total.